The number of benzene rings is 2. The Balaban J connectivity index is 1.76. The van der Waals surface area contributed by atoms with E-state index in [1.807, 2.05) is 59.4 Å². The second-order valence-corrected chi connectivity index (χ2v) is 6.51. The fourth-order valence-electron chi connectivity index (χ4n) is 2.67. The average Bonchev–Trinajstić information content (AvgIpc) is 3.12. The summed E-state index contributed by atoms with van der Waals surface area (Å²) in [5.74, 6) is 0. The highest BCUT2D eigenvalue weighted by atomic mass is 32.1. The van der Waals surface area contributed by atoms with E-state index < -0.39 is 0 Å². The minimum absolute atomic E-state index is 0.450. The molecular weight excluding hydrogens is 370 g/mol. The van der Waals surface area contributed by atoms with Crippen LogP contribution < -0.4 is 10.7 Å². The van der Waals surface area contributed by atoms with Gasteiger partial charge in [-0.15, -0.1) is 0 Å². The van der Waals surface area contributed by atoms with Crippen molar-refractivity contribution >= 4 is 23.5 Å². The third-order valence-corrected chi connectivity index (χ3v) is 4.22. The molecule has 3 rings (SSSR count). The molecule has 2 N–H and O–H groups in total. The van der Waals surface area contributed by atoms with Gasteiger partial charge < -0.3 is 10.1 Å². The third-order valence-electron chi connectivity index (χ3n) is 3.99. The van der Waals surface area contributed by atoms with Crippen LogP contribution in [0.3, 0.4) is 0 Å². The molecule has 0 amide bonds. The Morgan fingerprint density at radius 3 is 2.57 bits per heavy atom. The molecule has 0 saturated heterocycles. The van der Waals surface area contributed by atoms with Crippen LogP contribution in [0.2, 0.25) is 0 Å². The van der Waals surface area contributed by atoms with E-state index in [-0.39, 0.29) is 0 Å². The van der Waals surface area contributed by atoms with Gasteiger partial charge in [0.15, 0.2) is 5.11 Å². The number of nitrogens with one attached hydrogen (secondary N) is 2. The molecule has 0 spiro atoms. The largest absolute Gasteiger partial charge is 0.383 e. The van der Waals surface area contributed by atoms with Crippen LogP contribution in [0.15, 0.2) is 72.0 Å². The van der Waals surface area contributed by atoms with Crippen molar-refractivity contribution in [1.29, 1.82) is 0 Å². The van der Waals surface area contributed by atoms with Gasteiger partial charge >= 0.3 is 0 Å². The lowest BCUT2D eigenvalue weighted by Crippen LogP contribution is -2.34. The Labute approximate surface area is 170 Å². The molecule has 0 radical (unpaired) electrons. The number of nitrogens with zero attached hydrogens (tertiary/aromatic N) is 3. The van der Waals surface area contributed by atoms with E-state index in [1.54, 1.807) is 13.3 Å². The Morgan fingerprint density at radius 1 is 1.14 bits per heavy atom. The molecule has 0 unspecified atom stereocenters. The number of methoxy groups -OCH3 is 1. The van der Waals surface area contributed by atoms with Crippen LogP contribution in [0.1, 0.15) is 11.1 Å². The second kappa shape index (κ2) is 10.3. The predicted molar refractivity (Wildman–Crippen MR) is 116 cm³/mol. The molecule has 1 heterocycles. The topological polar surface area (TPSA) is 63.5 Å². The van der Waals surface area contributed by atoms with Crippen molar-refractivity contribution in [3.8, 4) is 11.3 Å². The van der Waals surface area contributed by atoms with Crippen LogP contribution in [0.4, 0.5) is 0 Å². The zero-order chi connectivity index (χ0) is 19.6. The number of thiocarbonyl (C=S) groups is 1. The van der Waals surface area contributed by atoms with Gasteiger partial charge in [0.1, 0.15) is 5.69 Å². The maximum absolute atomic E-state index is 5.19. The second-order valence-electron chi connectivity index (χ2n) is 6.10. The molecule has 1 aromatic heterocycles. The van der Waals surface area contributed by atoms with Crippen LogP contribution in [0.5, 0.6) is 0 Å². The molecule has 0 bridgehead atoms. The molecule has 6 nitrogen and oxygen atoms in total. The highest BCUT2D eigenvalue weighted by Gasteiger charge is 2.10. The molecule has 0 atom stereocenters. The van der Waals surface area contributed by atoms with Gasteiger partial charge in [-0.25, -0.2) is 0 Å². The highest BCUT2D eigenvalue weighted by Crippen LogP contribution is 2.21. The lowest BCUT2D eigenvalue weighted by molar-refractivity contribution is 0.204. The summed E-state index contributed by atoms with van der Waals surface area (Å²) in [5.41, 5.74) is 6.84. The van der Waals surface area contributed by atoms with Crippen molar-refractivity contribution in [1.82, 2.24) is 20.5 Å². The molecule has 0 fully saturated rings. The molecule has 28 heavy (non-hydrogen) atoms. The molecule has 0 aliphatic rings. The number of aromatic nitrogens is 2. The molecule has 2 aromatic carbocycles. The summed E-state index contributed by atoms with van der Waals surface area (Å²) in [6.45, 7) is 1.90. The third kappa shape index (κ3) is 5.73. The molecule has 144 valence electrons. The monoisotopic (exact) mass is 393 g/mol. The lowest BCUT2D eigenvalue weighted by atomic mass is 10.1. The summed E-state index contributed by atoms with van der Waals surface area (Å²) in [7, 11) is 1.65. The Hall–Kier alpha value is -3.03. The predicted octanol–water partition coefficient (Wildman–Crippen LogP) is 3.04. The van der Waals surface area contributed by atoms with E-state index in [1.165, 1.54) is 5.56 Å². The first-order valence-corrected chi connectivity index (χ1v) is 9.39. The zero-order valence-corrected chi connectivity index (χ0v) is 16.5. The number of hydrogen-bond donors (Lipinski definition) is 2. The van der Waals surface area contributed by atoms with E-state index in [0.29, 0.717) is 24.8 Å². The van der Waals surface area contributed by atoms with E-state index in [9.17, 15) is 0 Å². The number of rotatable bonds is 8. The summed E-state index contributed by atoms with van der Waals surface area (Å²) < 4.78 is 6.91. The minimum Gasteiger partial charge on any atom is -0.383 e. The molecule has 0 aliphatic carbocycles. The SMILES string of the molecule is COCCNC(=S)N/N=C\c1cn(Cc2ccccc2)nc1-c1ccccc1. The van der Waals surface area contributed by atoms with Gasteiger partial charge in [-0.05, 0) is 17.8 Å². The van der Waals surface area contributed by atoms with Crippen molar-refractivity contribution in [2.45, 2.75) is 6.54 Å². The number of ether oxygens (including phenoxy) is 1. The zero-order valence-electron chi connectivity index (χ0n) is 15.7. The van der Waals surface area contributed by atoms with Crippen molar-refractivity contribution < 1.29 is 4.74 Å². The van der Waals surface area contributed by atoms with Gasteiger partial charge in [-0.3, -0.25) is 10.1 Å². The Bertz CT molecular complexity index is 909. The van der Waals surface area contributed by atoms with E-state index >= 15 is 0 Å². The summed E-state index contributed by atoms with van der Waals surface area (Å²) in [6.07, 6.45) is 3.73. The van der Waals surface area contributed by atoms with Crippen LogP contribution >= 0.6 is 12.2 Å². The van der Waals surface area contributed by atoms with Crippen LogP contribution in [0, 0.1) is 0 Å². The average molecular weight is 394 g/mol. The summed E-state index contributed by atoms with van der Waals surface area (Å²) >= 11 is 5.19. The summed E-state index contributed by atoms with van der Waals surface area (Å²) in [6, 6.07) is 20.3. The maximum Gasteiger partial charge on any atom is 0.187 e. The van der Waals surface area contributed by atoms with Gasteiger partial charge in [0, 0.05) is 31.0 Å². The summed E-state index contributed by atoms with van der Waals surface area (Å²) in [4.78, 5) is 0. The fraction of sp³-hybridized carbons (Fsp3) is 0.190. The molecular formula is C21H23N5OS. The lowest BCUT2D eigenvalue weighted by Gasteiger charge is -2.05. The standard InChI is InChI=1S/C21H23N5OS/c1-27-13-12-22-21(28)24-23-14-19-16-26(15-17-8-4-2-5-9-17)25-20(19)18-10-6-3-7-11-18/h2-11,14,16H,12-13,15H2,1H3,(H2,22,24,28)/b23-14-. The van der Waals surface area contributed by atoms with Gasteiger partial charge in [0.2, 0.25) is 0 Å². The van der Waals surface area contributed by atoms with Crippen molar-refractivity contribution in [3.05, 3.63) is 78.0 Å². The van der Waals surface area contributed by atoms with E-state index in [0.717, 1.165) is 16.8 Å². The molecule has 7 heteroatoms. The molecule has 0 aliphatic heterocycles. The van der Waals surface area contributed by atoms with Gasteiger partial charge in [-0.1, -0.05) is 60.7 Å². The first kappa shape index (κ1) is 19.7. The van der Waals surface area contributed by atoms with E-state index in [4.69, 9.17) is 22.1 Å². The van der Waals surface area contributed by atoms with Crippen LogP contribution in [-0.4, -0.2) is 41.4 Å². The van der Waals surface area contributed by atoms with Crippen molar-refractivity contribution in [2.75, 3.05) is 20.3 Å². The quantitative estimate of drug-likeness (QED) is 0.267. The Kier molecular flexibility index (Phi) is 7.29. The van der Waals surface area contributed by atoms with Gasteiger partial charge in [0.25, 0.3) is 0 Å². The van der Waals surface area contributed by atoms with Crippen molar-refractivity contribution in [3.63, 3.8) is 0 Å². The van der Waals surface area contributed by atoms with E-state index in [2.05, 4.69) is 28.0 Å². The minimum atomic E-state index is 0.450. The first-order valence-electron chi connectivity index (χ1n) is 8.99. The first-order chi connectivity index (χ1) is 13.8. The maximum atomic E-state index is 5.19. The fourth-order valence-corrected chi connectivity index (χ4v) is 2.82. The molecule has 0 saturated carbocycles. The van der Waals surface area contributed by atoms with Gasteiger partial charge in [0.05, 0.1) is 19.4 Å². The smallest absolute Gasteiger partial charge is 0.187 e. The van der Waals surface area contributed by atoms with Crippen molar-refractivity contribution in [2.24, 2.45) is 5.10 Å². The van der Waals surface area contributed by atoms with Gasteiger partial charge in [-0.2, -0.15) is 10.2 Å². The van der Waals surface area contributed by atoms with Crippen LogP contribution in [-0.2, 0) is 11.3 Å². The highest BCUT2D eigenvalue weighted by molar-refractivity contribution is 7.80. The van der Waals surface area contributed by atoms with Crippen LogP contribution in [0.25, 0.3) is 11.3 Å². The normalized spacial score (nSPS) is 10.9. The summed E-state index contributed by atoms with van der Waals surface area (Å²) in [5, 5.41) is 12.5. The number of hydrogen-bond acceptors (Lipinski definition) is 4. The molecule has 3 aromatic rings. The Morgan fingerprint density at radius 2 is 1.86 bits per heavy atom. The number of hydrazone groups is 1.